The highest BCUT2D eigenvalue weighted by molar-refractivity contribution is 5.64. The SMILES string of the molecule is CCCNc1ncnc(NCCOC(N)=O)c1C. The van der Waals surface area contributed by atoms with Gasteiger partial charge < -0.3 is 21.1 Å². The van der Waals surface area contributed by atoms with Crippen LogP contribution >= 0.6 is 0 Å². The minimum atomic E-state index is -0.776. The van der Waals surface area contributed by atoms with Crippen LogP contribution in [0.3, 0.4) is 0 Å². The standard InChI is InChI=1S/C11H19N5O2/c1-3-4-13-9-8(2)10(16-7-15-9)14-5-6-18-11(12)17/h7H,3-6H2,1-2H3,(H2,12,17)(H2,13,14,15,16). The zero-order valence-electron chi connectivity index (χ0n) is 10.7. The molecule has 100 valence electrons. The Kier molecular flexibility index (Phi) is 5.69. The van der Waals surface area contributed by atoms with Gasteiger partial charge in [0.2, 0.25) is 0 Å². The van der Waals surface area contributed by atoms with Crippen LogP contribution in [0.2, 0.25) is 0 Å². The topological polar surface area (TPSA) is 102 Å². The quantitative estimate of drug-likeness (QED) is 0.629. The van der Waals surface area contributed by atoms with E-state index in [1.54, 1.807) is 0 Å². The minimum absolute atomic E-state index is 0.205. The lowest BCUT2D eigenvalue weighted by Crippen LogP contribution is -2.19. The second kappa shape index (κ2) is 7.31. The van der Waals surface area contributed by atoms with Gasteiger partial charge >= 0.3 is 6.09 Å². The zero-order chi connectivity index (χ0) is 13.4. The number of anilines is 2. The smallest absolute Gasteiger partial charge is 0.404 e. The third kappa shape index (κ3) is 4.44. The van der Waals surface area contributed by atoms with E-state index >= 15 is 0 Å². The van der Waals surface area contributed by atoms with Gasteiger partial charge in [0.05, 0.1) is 6.54 Å². The Bertz CT molecular complexity index is 397. The maximum atomic E-state index is 10.4. The summed E-state index contributed by atoms with van der Waals surface area (Å²) < 4.78 is 4.62. The summed E-state index contributed by atoms with van der Waals surface area (Å²) in [5.41, 5.74) is 5.79. The van der Waals surface area contributed by atoms with E-state index in [2.05, 4.69) is 32.3 Å². The molecule has 0 bridgehead atoms. The number of amides is 1. The van der Waals surface area contributed by atoms with Gasteiger partial charge in [-0.25, -0.2) is 14.8 Å². The Labute approximate surface area is 106 Å². The number of rotatable bonds is 7. The molecule has 7 nitrogen and oxygen atoms in total. The van der Waals surface area contributed by atoms with Crippen molar-refractivity contribution in [2.75, 3.05) is 30.3 Å². The number of nitrogens with two attached hydrogens (primary N) is 1. The van der Waals surface area contributed by atoms with Gasteiger partial charge in [0.1, 0.15) is 24.6 Å². The predicted octanol–water partition coefficient (Wildman–Crippen LogP) is 1.11. The van der Waals surface area contributed by atoms with Crippen molar-refractivity contribution in [3.05, 3.63) is 11.9 Å². The fourth-order valence-corrected chi connectivity index (χ4v) is 1.37. The Balaban J connectivity index is 2.52. The number of aromatic nitrogens is 2. The van der Waals surface area contributed by atoms with Crippen LogP contribution in [0.1, 0.15) is 18.9 Å². The highest BCUT2D eigenvalue weighted by atomic mass is 16.5. The van der Waals surface area contributed by atoms with E-state index < -0.39 is 6.09 Å². The highest BCUT2D eigenvalue weighted by Gasteiger charge is 2.05. The molecule has 1 aromatic heterocycles. The van der Waals surface area contributed by atoms with Crippen LogP contribution < -0.4 is 16.4 Å². The van der Waals surface area contributed by atoms with Crippen molar-refractivity contribution in [3.63, 3.8) is 0 Å². The van der Waals surface area contributed by atoms with Gasteiger partial charge in [-0.05, 0) is 13.3 Å². The first-order chi connectivity index (χ1) is 8.65. The Hall–Kier alpha value is -2.05. The first-order valence-electron chi connectivity index (χ1n) is 5.86. The van der Waals surface area contributed by atoms with E-state index in [1.165, 1.54) is 6.33 Å². The molecule has 1 amide bonds. The molecule has 0 aliphatic heterocycles. The molecule has 7 heteroatoms. The van der Waals surface area contributed by atoms with Crippen LogP contribution in [0.25, 0.3) is 0 Å². The number of ether oxygens (including phenoxy) is 1. The number of primary amides is 1. The molecular formula is C11H19N5O2. The van der Waals surface area contributed by atoms with Crippen LogP contribution in [-0.4, -0.2) is 35.8 Å². The molecule has 0 saturated carbocycles. The van der Waals surface area contributed by atoms with Crippen molar-refractivity contribution in [1.29, 1.82) is 0 Å². The van der Waals surface area contributed by atoms with Crippen molar-refractivity contribution in [1.82, 2.24) is 9.97 Å². The third-order valence-electron chi connectivity index (χ3n) is 2.27. The van der Waals surface area contributed by atoms with E-state index in [9.17, 15) is 4.79 Å². The van der Waals surface area contributed by atoms with Crippen LogP contribution in [-0.2, 0) is 4.74 Å². The monoisotopic (exact) mass is 253 g/mol. The van der Waals surface area contributed by atoms with Crippen LogP contribution in [0.15, 0.2) is 6.33 Å². The van der Waals surface area contributed by atoms with Crippen LogP contribution in [0, 0.1) is 6.92 Å². The summed E-state index contributed by atoms with van der Waals surface area (Å²) in [5, 5.41) is 6.28. The molecule has 0 aromatic carbocycles. The molecular weight excluding hydrogens is 234 g/mol. The maximum absolute atomic E-state index is 10.4. The molecule has 0 aliphatic rings. The van der Waals surface area contributed by atoms with E-state index in [0.29, 0.717) is 6.54 Å². The van der Waals surface area contributed by atoms with E-state index in [4.69, 9.17) is 5.73 Å². The third-order valence-corrected chi connectivity index (χ3v) is 2.27. The molecule has 0 aliphatic carbocycles. The van der Waals surface area contributed by atoms with Crippen molar-refractivity contribution < 1.29 is 9.53 Å². The summed E-state index contributed by atoms with van der Waals surface area (Å²) in [6, 6.07) is 0. The number of carbonyl (C=O) groups is 1. The molecule has 0 saturated heterocycles. The predicted molar refractivity (Wildman–Crippen MR) is 69.6 cm³/mol. The van der Waals surface area contributed by atoms with Crippen molar-refractivity contribution >= 4 is 17.7 Å². The Morgan fingerprint density at radius 1 is 1.33 bits per heavy atom. The summed E-state index contributed by atoms with van der Waals surface area (Å²) in [7, 11) is 0. The second-order valence-electron chi connectivity index (χ2n) is 3.72. The van der Waals surface area contributed by atoms with Crippen LogP contribution in [0.4, 0.5) is 16.4 Å². The van der Waals surface area contributed by atoms with Crippen molar-refractivity contribution in [2.24, 2.45) is 5.73 Å². The largest absolute Gasteiger partial charge is 0.448 e. The van der Waals surface area contributed by atoms with Gasteiger partial charge in [0.25, 0.3) is 0 Å². The molecule has 0 radical (unpaired) electrons. The van der Waals surface area contributed by atoms with Gasteiger partial charge in [-0.1, -0.05) is 6.92 Å². The summed E-state index contributed by atoms with van der Waals surface area (Å²) in [4.78, 5) is 18.7. The lowest BCUT2D eigenvalue weighted by Gasteiger charge is -2.12. The van der Waals surface area contributed by atoms with Gasteiger partial charge in [-0.15, -0.1) is 0 Å². The summed E-state index contributed by atoms with van der Waals surface area (Å²) >= 11 is 0. The van der Waals surface area contributed by atoms with Gasteiger partial charge in [0, 0.05) is 12.1 Å². The Morgan fingerprint density at radius 3 is 2.50 bits per heavy atom. The number of nitrogens with zero attached hydrogens (tertiary/aromatic N) is 2. The molecule has 0 atom stereocenters. The van der Waals surface area contributed by atoms with Gasteiger partial charge in [-0.3, -0.25) is 0 Å². The van der Waals surface area contributed by atoms with E-state index in [0.717, 1.165) is 30.2 Å². The maximum Gasteiger partial charge on any atom is 0.404 e. The van der Waals surface area contributed by atoms with Gasteiger partial charge in [0.15, 0.2) is 0 Å². The highest BCUT2D eigenvalue weighted by Crippen LogP contribution is 2.17. The summed E-state index contributed by atoms with van der Waals surface area (Å²) in [5.74, 6) is 1.53. The minimum Gasteiger partial charge on any atom is -0.448 e. The normalized spacial score (nSPS) is 9.89. The van der Waals surface area contributed by atoms with E-state index in [-0.39, 0.29) is 6.61 Å². The number of nitrogens with one attached hydrogen (secondary N) is 2. The molecule has 0 spiro atoms. The average Bonchev–Trinajstić information content (AvgIpc) is 2.34. The van der Waals surface area contributed by atoms with Crippen LogP contribution in [0.5, 0.6) is 0 Å². The fourth-order valence-electron chi connectivity index (χ4n) is 1.37. The lowest BCUT2D eigenvalue weighted by atomic mass is 10.3. The molecule has 0 unspecified atom stereocenters. The molecule has 1 rings (SSSR count). The number of hydrogen-bond donors (Lipinski definition) is 3. The first kappa shape index (κ1) is 14.0. The number of hydrogen-bond acceptors (Lipinski definition) is 6. The zero-order valence-corrected chi connectivity index (χ0v) is 10.7. The van der Waals surface area contributed by atoms with Gasteiger partial charge in [-0.2, -0.15) is 0 Å². The fraction of sp³-hybridized carbons (Fsp3) is 0.545. The first-order valence-corrected chi connectivity index (χ1v) is 5.86. The average molecular weight is 253 g/mol. The van der Waals surface area contributed by atoms with Crippen molar-refractivity contribution in [3.8, 4) is 0 Å². The molecule has 1 aromatic rings. The molecule has 1 heterocycles. The summed E-state index contributed by atoms with van der Waals surface area (Å²) in [6.07, 6.45) is 1.74. The molecule has 0 fully saturated rings. The number of carbonyl (C=O) groups excluding carboxylic acids is 1. The molecule has 18 heavy (non-hydrogen) atoms. The van der Waals surface area contributed by atoms with Crippen molar-refractivity contribution in [2.45, 2.75) is 20.3 Å². The Morgan fingerprint density at radius 2 is 1.94 bits per heavy atom. The second-order valence-corrected chi connectivity index (χ2v) is 3.72. The summed E-state index contributed by atoms with van der Waals surface area (Å²) in [6.45, 7) is 5.53. The lowest BCUT2D eigenvalue weighted by molar-refractivity contribution is 0.161. The molecule has 4 N–H and O–H groups in total. The van der Waals surface area contributed by atoms with E-state index in [1.807, 2.05) is 6.92 Å².